The Morgan fingerprint density at radius 3 is 1.90 bits per heavy atom. The molecule has 9 aromatic carbocycles. The Balaban J connectivity index is 1.31. The molecule has 48 heavy (non-hydrogen) atoms. The highest BCUT2D eigenvalue weighted by molar-refractivity contribution is 7.26. The van der Waals surface area contributed by atoms with E-state index >= 15 is 0 Å². The predicted octanol–water partition coefficient (Wildman–Crippen LogP) is 13.8. The summed E-state index contributed by atoms with van der Waals surface area (Å²) < 4.78 is 2.60. The summed E-state index contributed by atoms with van der Waals surface area (Å²) in [6.45, 7) is 0. The van der Waals surface area contributed by atoms with Crippen LogP contribution in [0.2, 0.25) is 0 Å². The Labute approximate surface area is 282 Å². The molecule has 0 aliphatic carbocycles. The largest absolute Gasteiger partial charge is 0.309 e. The summed E-state index contributed by atoms with van der Waals surface area (Å²) in [5.74, 6) is 0. The number of benzene rings is 9. The topological polar surface area (TPSA) is 3.24 Å². The monoisotopic (exact) mass is 627 g/mol. The second-order valence-electron chi connectivity index (χ2n) is 12.5. The lowest BCUT2D eigenvalue weighted by molar-refractivity contribution is 1.32. The normalized spacial score (nSPS) is 11.8. The van der Waals surface area contributed by atoms with Crippen LogP contribution in [-0.2, 0) is 0 Å². The second-order valence-corrected chi connectivity index (χ2v) is 13.6. The second kappa shape index (κ2) is 10.8. The Morgan fingerprint density at radius 2 is 1.00 bits per heavy atom. The highest BCUT2D eigenvalue weighted by Crippen LogP contribution is 2.48. The Hall–Kier alpha value is -5.96. The van der Waals surface area contributed by atoms with Crippen LogP contribution in [0.25, 0.3) is 74.4 Å². The minimum absolute atomic E-state index is 1.13. The van der Waals surface area contributed by atoms with Gasteiger partial charge in [0, 0.05) is 31.2 Å². The van der Waals surface area contributed by atoms with Crippen LogP contribution in [0.5, 0.6) is 0 Å². The molecule has 10 aromatic rings. The lowest BCUT2D eigenvalue weighted by Gasteiger charge is -2.28. The average molecular weight is 628 g/mol. The van der Waals surface area contributed by atoms with Crippen molar-refractivity contribution in [1.82, 2.24) is 0 Å². The maximum Gasteiger partial charge on any atom is 0.0555 e. The summed E-state index contributed by atoms with van der Waals surface area (Å²) in [5, 5.41) is 12.7. The molecule has 224 valence electrons. The number of rotatable bonds is 4. The highest BCUT2D eigenvalue weighted by Gasteiger charge is 2.21. The number of anilines is 3. The quantitative estimate of drug-likeness (QED) is 0.176. The van der Waals surface area contributed by atoms with Gasteiger partial charge in [-0.2, -0.15) is 0 Å². The van der Waals surface area contributed by atoms with Gasteiger partial charge in [-0.25, -0.2) is 0 Å². The Bertz CT molecular complexity index is 2850. The zero-order valence-corrected chi connectivity index (χ0v) is 26.9. The maximum absolute atomic E-state index is 2.50. The van der Waals surface area contributed by atoms with Gasteiger partial charge in [-0.1, -0.05) is 133 Å². The molecule has 0 unspecified atom stereocenters. The van der Waals surface area contributed by atoms with Crippen molar-refractivity contribution < 1.29 is 0 Å². The minimum Gasteiger partial charge on any atom is -0.309 e. The standard InChI is InChI=1S/C46H29NS/c1-2-11-30(12-3-1)33-16-8-17-36(27-33)47(42-21-10-22-43-46(42)40-28-34-14-4-5-15-35(34)29-44(40)48-43)41-20-9-19-39-38(41)26-25-32-24-23-31-13-6-7-18-37(31)45(32)39/h1-29H. The van der Waals surface area contributed by atoms with E-state index in [1.807, 2.05) is 11.3 Å². The molecule has 0 spiro atoms. The molecule has 0 saturated carbocycles. The third-order valence-corrected chi connectivity index (χ3v) is 10.9. The fourth-order valence-electron chi connectivity index (χ4n) is 7.58. The van der Waals surface area contributed by atoms with E-state index in [-0.39, 0.29) is 0 Å². The van der Waals surface area contributed by atoms with Crippen LogP contribution in [0.3, 0.4) is 0 Å². The van der Waals surface area contributed by atoms with Gasteiger partial charge in [-0.3, -0.25) is 0 Å². The lowest BCUT2D eigenvalue weighted by Crippen LogP contribution is -2.11. The summed E-state index contributed by atoms with van der Waals surface area (Å²) in [7, 11) is 0. The van der Waals surface area contributed by atoms with E-state index in [9.17, 15) is 0 Å². The van der Waals surface area contributed by atoms with Crippen LogP contribution >= 0.6 is 11.3 Å². The third kappa shape index (κ3) is 4.24. The molecule has 0 bridgehead atoms. The first kappa shape index (κ1) is 27.2. The van der Waals surface area contributed by atoms with E-state index < -0.39 is 0 Å². The van der Waals surface area contributed by atoms with Gasteiger partial charge in [-0.05, 0) is 91.3 Å². The van der Waals surface area contributed by atoms with Crippen molar-refractivity contribution in [3.63, 3.8) is 0 Å². The maximum atomic E-state index is 2.50. The smallest absolute Gasteiger partial charge is 0.0555 e. The van der Waals surface area contributed by atoms with Crippen LogP contribution < -0.4 is 4.90 Å². The van der Waals surface area contributed by atoms with Crippen molar-refractivity contribution >= 4 is 91.7 Å². The average Bonchev–Trinajstić information content (AvgIpc) is 3.52. The van der Waals surface area contributed by atoms with Gasteiger partial charge in [0.2, 0.25) is 0 Å². The van der Waals surface area contributed by atoms with Gasteiger partial charge in [0.05, 0.1) is 11.4 Å². The van der Waals surface area contributed by atoms with Crippen molar-refractivity contribution in [2.75, 3.05) is 4.90 Å². The van der Waals surface area contributed by atoms with E-state index in [0.29, 0.717) is 0 Å². The highest BCUT2D eigenvalue weighted by atomic mass is 32.1. The molecular formula is C46H29NS. The van der Waals surface area contributed by atoms with Gasteiger partial charge in [0.25, 0.3) is 0 Å². The molecule has 0 atom stereocenters. The molecule has 1 aromatic heterocycles. The van der Waals surface area contributed by atoms with Crippen molar-refractivity contribution in [3.05, 3.63) is 176 Å². The molecule has 0 aliphatic rings. The molecule has 10 rings (SSSR count). The summed E-state index contributed by atoms with van der Waals surface area (Å²) in [5.41, 5.74) is 5.89. The van der Waals surface area contributed by atoms with Gasteiger partial charge in [0.1, 0.15) is 0 Å². The molecule has 0 aliphatic heterocycles. The first-order valence-electron chi connectivity index (χ1n) is 16.4. The number of hydrogen-bond donors (Lipinski definition) is 0. The van der Waals surface area contributed by atoms with E-state index in [2.05, 4.69) is 181 Å². The zero-order valence-electron chi connectivity index (χ0n) is 26.1. The van der Waals surface area contributed by atoms with Gasteiger partial charge in [-0.15, -0.1) is 11.3 Å². The van der Waals surface area contributed by atoms with Crippen molar-refractivity contribution in [2.24, 2.45) is 0 Å². The Kier molecular flexibility index (Phi) is 6.12. The van der Waals surface area contributed by atoms with Crippen LogP contribution in [0, 0.1) is 0 Å². The molecule has 0 amide bonds. The van der Waals surface area contributed by atoms with Crippen molar-refractivity contribution in [3.8, 4) is 11.1 Å². The zero-order chi connectivity index (χ0) is 31.6. The molecular weight excluding hydrogens is 599 g/mol. The number of nitrogens with zero attached hydrogens (tertiary/aromatic N) is 1. The van der Waals surface area contributed by atoms with E-state index in [0.717, 1.165) is 5.69 Å². The van der Waals surface area contributed by atoms with Crippen molar-refractivity contribution in [1.29, 1.82) is 0 Å². The summed E-state index contributed by atoms with van der Waals surface area (Å²) >= 11 is 1.88. The van der Waals surface area contributed by atoms with Gasteiger partial charge >= 0.3 is 0 Å². The van der Waals surface area contributed by atoms with Crippen LogP contribution in [0.15, 0.2) is 176 Å². The first-order valence-corrected chi connectivity index (χ1v) is 17.2. The SMILES string of the molecule is c1ccc(-c2cccc(N(c3cccc4c3ccc3ccc5ccccc5c34)c3cccc4sc5cc6ccccc6cc5c34)c2)cc1. The number of fused-ring (bicyclic) bond motifs is 9. The molecule has 0 radical (unpaired) electrons. The fraction of sp³-hybridized carbons (Fsp3) is 0. The molecule has 1 heterocycles. The summed E-state index contributed by atoms with van der Waals surface area (Å²) in [6.07, 6.45) is 0. The summed E-state index contributed by atoms with van der Waals surface area (Å²) in [4.78, 5) is 2.50. The van der Waals surface area contributed by atoms with E-state index in [1.165, 1.54) is 85.8 Å². The molecule has 0 N–H and O–H groups in total. The van der Waals surface area contributed by atoms with Crippen LogP contribution in [0.1, 0.15) is 0 Å². The molecule has 1 nitrogen and oxygen atoms in total. The van der Waals surface area contributed by atoms with E-state index in [1.54, 1.807) is 0 Å². The molecule has 2 heteroatoms. The first-order chi connectivity index (χ1) is 23.8. The fourth-order valence-corrected chi connectivity index (χ4v) is 8.74. The van der Waals surface area contributed by atoms with Crippen molar-refractivity contribution in [2.45, 2.75) is 0 Å². The molecule has 0 fully saturated rings. The third-order valence-electron chi connectivity index (χ3n) is 9.78. The summed E-state index contributed by atoms with van der Waals surface area (Å²) in [6, 6.07) is 64.6. The lowest BCUT2D eigenvalue weighted by atomic mass is 9.95. The number of thiophene rings is 1. The number of hydrogen-bond acceptors (Lipinski definition) is 2. The minimum atomic E-state index is 1.13. The van der Waals surface area contributed by atoms with Gasteiger partial charge < -0.3 is 4.90 Å². The van der Waals surface area contributed by atoms with E-state index in [4.69, 9.17) is 0 Å². The molecule has 0 saturated heterocycles. The predicted molar refractivity (Wildman–Crippen MR) is 209 cm³/mol. The Morgan fingerprint density at radius 1 is 0.333 bits per heavy atom. The van der Waals surface area contributed by atoms with Crippen LogP contribution in [-0.4, -0.2) is 0 Å². The van der Waals surface area contributed by atoms with Gasteiger partial charge in [0.15, 0.2) is 0 Å². The van der Waals surface area contributed by atoms with Crippen LogP contribution in [0.4, 0.5) is 17.1 Å².